The number of alkyl halides is 2. The molecule has 2 aliphatic carbocycles. The van der Waals surface area contributed by atoms with E-state index in [9.17, 15) is 9.59 Å². The van der Waals surface area contributed by atoms with Gasteiger partial charge in [0.05, 0.1) is 0 Å². The van der Waals surface area contributed by atoms with E-state index in [2.05, 4.69) is 65.7 Å². The number of ether oxygens (including phenoxy) is 2. The predicted molar refractivity (Wildman–Crippen MR) is 101 cm³/mol. The van der Waals surface area contributed by atoms with E-state index in [1.807, 2.05) is 0 Å². The van der Waals surface area contributed by atoms with Crippen molar-refractivity contribution in [3.8, 4) is 0 Å². The monoisotopic (exact) mass is 484 g/mol. The molecular weight excluding hydrogens is 460 g/mol. The summed E-state index contributed by atoms with van der Waals surface area (Å²) < 4.78 is 15.1. The van der Waals surface area contributed by atoms with Gasteiger partial charge in [-0.25, -0.2) is 0 Å². The fraction of sp³-hybridized carbons (Fsp3) is 0.875. The van der Waals surface area contributed by atoms with Gasteiger partial charge in [-0.3, -0.25) is 9.59 Å². The fourth-order valence-electron chi connectivity index (χ4n) is 3.50. The Morgan fingerprint density at radius 2 is 1.62 bits per heavy atom. The molecule has 24 heavy (non-hydrogen) atoms. The first-order valence-corrected chi connectivity index (χ1v) is 12.5. The zero-order chi connectivity index (χ0) is 18.8. The molecule has 2 fully saturated rings. The summed E-state index contributed by atoms with van der Waals surface area (Å²) in [5.41, 5.74) is 0. The summed E-state index contributed by atoms with van der Waals surface area (Å²) in [5, 5.41) is 0.0651. The van der Waals surface area contributed by atoms with Crippen molar-refractivity contribution in [3.05, 3.63) is 0 Å². The molecular formula is C16H26Br2O5Si. The zero-order valence-electron chi connectivity index (χ0n) is 15.3. The third-order valence-corrected chi connectivity index (χ3v) is 13.3. The van der Waals surface area contributed by atoms with Gasteiger partial charge in [0.1, 0.15) is 4.32 Å². The average molecular weight is 486 g/mol. The molecule has 0 radical (unpaired) electrons. The number of halogens is 2. The number of rotatable bonds is 5. The van der Waals surface area contributed by atoms with Gasteiger partial charge >= 0.3 is 0 Å². The van der Waals surface area contributed by atoms with Crippen LogP contribution in [-0.2, 0) is 23.5 Å². The van der Waals surface area contributed by atoms with Crippen LogP contribution in [0.25, 0.3) is 0 Å². The lowest BCUT2D eigenvalue weighted by Gasteiger charge is -2.40. The summed E-state index contributed by atoms with van der Waals surface area (Å²) in [6.07, 6.45) is 0.416. The molecule has 0 aromatic rings. The number of carbonyl (C=O) groups is 2. The van der Waals surface area contributed by atoms with Gasteiger partial charge in [0.25, 0.3) is 0 Å². The molecule has 138 valence electrons. The molecule has 0 spiro atoms. The zero-order valence-corrected chi connectivity index (χ0v) is 19.5. The van der Waals surface area contributed by atoms with Crippen LogP contribution in [0.15, 0.2) is 0 Å². The highest BCUT2D eigenvalue weighted by Gasteiger charge is 2.85. The van der Waals surface area contributed by atoms with Crippen LogP contribution in [0.2, 0.25) is 18.1 Å². The molecule has 0 unspecified atom stereocenters. The topological polar surface area (TPSA) is 61.8 Å². The third-order valence-electron chi connectivity index (χ3n) is 6.01. The maximum Gasteiger partial charge on any atom is 0.222 e. The Hall–Kier alpha value is 0.397. The lowest BCUT2D eigenvalue weighted by molar-refractivity contribution is -0.215. The van der Waals surface area contributed by atoms with Gasteiger partial charge in [-0.2, -0.15) is 0 Å². The molecule has 2 aliphatic rings. The highest BCUT2D eigenvalue weighted by Crippen LogP contribution is 2.66. The number of hydrogen-bond donors (Lipinski definition) is 0. The van der Waals surface area contributed by atoms with Gasteiger partial charge in [-0.05, 0) is 24.6 Å². The van der Waals surface area contributed by atoms with Gasteiger partial charge in [-0.15, -0.1) is 0 Å². The molecule has 0 N–H and O–H groups in total. The van der Waals surface area contributed by atoms with Crippen molar-refractivity contribution in [1.82, 2.24) is 0 Å². The number of ketones is 2. The first-order chi connectivity index (χ1) is 10.7. The van der Waals surface area contributed by atoms with Gasteiger partial charge in [0, 0.05) is 26.7 Å². The maximum atomic E-state index is 12.7. The SMILES string of the molecule is COC1(OC)[C@@]2(Br)C[C@H](CO[Si](C)(C)C(C)(C)C)[C@]1(Br)C(=O)C2=O. The first kappa shape index (κ1) is 20.7. The highest BCUT2D eigenvalue weighted by molar-refractivity contribution is 9.11. The molecule has 0 amide bonds. The smallest absolute Gasteiger partial charge is 0.222 e. The van der Waals surface area contributed by atoms with Crippen molar-refractivity contribution in [1.29, 1.82) is 0 Å². The minimum Gasteiger partial charge on any atom is -0.416 e. The molecule has 2 saturated carbocycles. The van der Waals surface area contributed by atoms with E-state index < -0.39 is 34.3 Å². The standard InChI is InChI=1S/C16H26Br2O5Si/c1-13(2,3)24(6,7)23-9-10-8-14(17)11(19)12(20)15(10,18)16(14,21-4)22-5/h10H,8-9H2,1-7H3/t10-,14-,15+/m1/s1. The number of methoxy groups -OCH3 is 2. The molecule has 3 atom stereocenters. The van der Waals surface area contributed by atoms with Crippen LogP contribution >= 0.6 is 31.9 Å². The van der Waals surface area contributed by atoms with Gasteiger partial charge in [-0.1, -0.05) is 52.6 Å². The molecule has 8 heteroatoms. The molecule has 5 nitrogen and oxygen atoms in total. The predicted octanol–water partition coefficient (Wildman–Crippen LogP) is 3.44. The van der Waals surface area contributed by atoms with Crippen LogP contribution in [0.3, 0.4) is 0 Å². The second-order valence-corrected chi connectivity index (χ2v) is 15.6. The van der Waals surface area contributed by atoms with Crippen LogP contribution in [0.1, 0.15) is 27.2 Å². The summed E-state index contributed by atoms with van der Waals surface area (Å²) in [6, 6.07) is 0. The number of carbonyl (C=O) groups excluding carboxylic acids is 2. The van der Waals surface area contributed by atoms with Crippen LogP contribution in [0.5, 0.6) is 0 Å². The minimum atomic E-state index is -1.98. The lowest BCUT2D eigenvalue weighted by Crippen LogP contribution is -2.57. The summed E-state index contributed by atoms with van der Waals surface area (Å²) in [6.45, 7) is 11.2. The molecule has 0 aliphatic heterocycles. The largest absolute Gasteiger partial charge is 0.416 e. The molecule has 0 saturated heterocycles. The quantitative estimate of drug-likeness (QED) is 0.258. The van der Waals surface area contributed by atoms with Gasteiger partial charge in [0.2, 0.25) is 17.4 Å². The highest BCUT2D eigenvalue weighted by atomic mass is 79.9. The maximum absolute atomic E-state index is 12.7. The first-order valence-electron chi connectivity index (χ1n) is 7.96. The van der Waals surface area contributed by atoms with Crippen molar-refractivity contribution in [2.45, 2.75) is 59.8 Å². The van der Waals surface area contributed by atoms with Crippen LogP contribution in [0.4, 0.5) is 0 Å². The van der Waals surface area contributed by atoms with E-state index in [0.717, 1.165) is 0 Å². The van der Waals surface area contributed by atoms with Crippen LogP contribution in [0, 0.1) is 5.92 Å². The van der Waals surface area contributed by atoms with Gasteiger partial charge < -0.3 is 13.9 Å². The Bertz CT molecular complexity index is 569. The van der Waals surface area contributed by atoms with E-state index in [1.54, 1.807) is 0 Å². The fourth-order valence-corrected chi connectivity index (χ4v) is 7.16. The van der Waals surface area contributed by atoms with E-state index in [1.165, 1.54) is 14.2 Å². The van der Waals surface area contributed by atoms with E-state index >= 15 is 0 Å². The second-order valence-electron chi connectivity index (χ2n) is 8.17. The normalized spacial score (nSPS) is 35.8. The van der Waals surface area contributed by atoms with Gasteiger partial charge in [0.15, 0.2) is 12.6 Å². The number of hydrogen-bond acceptors (Lipinski definition) is 5. The third kappa shape index (κ3) is 2.33. The summed E-state index contributed by atoms with van der Waals surface area (Å²) in [5.74, 6) is -2.63. The molecule has 0 aromatic carbocycles. The summed E-state index contributed by atoms with van der Waals surface area (Å²) in [4.78, 5) is 25.2. The van der Waals surface area contributed by atoms with Crippen molar-refractivity contribution >= 4 is 51.7 Å². The van der Waals surface area contributed by atoms with E-state index in [4.69, 9.17) is 13.9 Å². The minimum absolute atomic E-state index is 0.0651. The van der Waals surface area contributed by atoms with Crippen molar-refractivity contribution in [2.75, 3.05) is 20.8 Å². The van der Waals surface area contributed by atoms with Crippen molar-refractivity contribution in [3.63, 3.8) is 0 Å². The summed E-state index contributed by atoms with van der Waals surface area (Å²) in [7, 11) is 0.937. The van der Waals surface area contributed by atoms with Crippen LogP contribution < -0.4 is 0 Å². The Morgan fingerprint density at radius 1 is 1.12 bits per heavy atom. The van der Waals surface area contributed by atoms with Crippen molar-refractivity contribution in [2.24, 2.45) is 5.92 Å². The van der Waals surface area contributed by atoms with E-state index in [-0.39, 0.29) is 11.0 Å². The lowest BCUT2D eigenvalue weighted by atomic mass is 9.87. The van der Waals surface area contributed by atoms with Crippen molar-refractivity contribution < 1.29 is 23.5 Å². The number of Topliss-reactive ketones (excluding diaryl/α,β-unsaturated/α-hetero) is 2. The average Bonchev–Trinajstić information content (AvgIpc) is 2.74. The second kappa shape index (κ2) is 5.95. The Kier molecular flexibility index (Phi) is 5.14. The molecule has 0 aromatic heterocycles. The molecule has 2 bridgehead atoms. The molecule has 0 heterocycles. The Balaban J connectivity index is 2.37. The Morgan fingerprint density at radius 3 is 2.00 bits per heavy atom. The van der Waals surface area contributed by atoms with Crippen LogP contribution in [-0.4, -0.2) is 55.1 Å². The number of fused-ring (bicyclic) bond motifs is 2. The summed E-state index contributed by atoms with van der Waals surface area (Å²) >= 11 is 7.02. The molecule has 2 rings (SSSR count). The van der Waals surface area contributed by atoms with E-state index in [0.29, 0.717) is 13.0 Å². The Labute approximate surface area is 161 Å².